The Hall–Kier alpha value is -4.10. The van der Waals surface area contributed by atoms with Crippen LogP contribution in [0.25, 0.3) is 21.8 Å². The first-order valence-electron chi connectivity index (χ1n) is 11.9. The highest BCUT2D eigenvalue weighted by Gasteiger charge is 2.33. The summed E-state index contributed by atoms with van der Waals surface area (Å²) < 4.78 is 18.4. The maximum atomic E-state index is 15.2. The molecule has 38 heavy (non-hydrogen) atoms. The smallest absolute Gasteiger partial charge is 0.365 e. The highest BCUT2D eigenvalue weighted by Crippen LogP contribution is 2.46. The van der Waals surface area contributed by atoms with Gasteiger partial charge in [-0.3, -0.25) is 14.5 Å². The van der Waals surface area contributed by atoms with Crippen molar-refractivity contribution in [3.8, 4) is 0 Å². The molecule has 13 heteroatoms. The van der Waals surface area contributed by atoms with Crippen molar-refractivity contribution < 1.29 is 19.5 Å². The zero-order chi connectivity index (χ0) is 26.9. The minimum absolute atomic E-state index is 0.0224. The molecule has 4 aromatic rings. The highest BCUT2D eigenvalue weighted by molar-refractivity contribution is 8.00. The number of pyridine rings is 1. The van der Waals surface area contributed by atoms with E-state index in [0.717, 1.165) is 10.6 Å². The Morgan fingerprint density at radius 2 is 1.76 bits per heavy atom. The standard InChI is InChI=1S/C25H22FN5O6S/c1-13-30-18-11-19(16(26)10-15(18)21(32)20(24(34)35)23(30)38-13)28-8-6-27(7-9-28)12-29-22(33)14-4-2-3-5-17(14)31(37)25(29)36/h2-5,10-11,13,37H,6-9,12H2,1H3,(H,34,35). The monoisotopic (exact) mass is 539 g/mol. The second kappa shape index (κ2) is 8.74. The minimum atomic E-state index is -1.33. The highest BCUT2D eigenvalue weighted by atomic mass is 32.2. The summed E-state index contributed by atoms with van der Waals surface area (Å²) in [5, 5.41) is 20.3. The maximum absolute atomic E-state index is 15.2. The number of thioether (sulfide) groups is 1. The Bertz CT molecular complexity index is 1840. The van der Waals surface area contributed by atoms with Crippen molar-refractivity contribution >= 4 is 45.2 Å². The molecule has 0 radical (unpaired) electrons. The summed E-state index contributed by atoms with van der Waals surface area (Å²) in [5.41, 5.74) is -1.49. The molecule has 196 valence electrons. The van der Waals surface area contributed by atoms with Gasteiger partial charge in [0.15, 0.2) is 0 Å². The molecule has 0 aliphatic carbocycles. The van der Waals surface area contributed by atoms with Gasteiger partial charge in [0.05, 0.1) is 39.2 Å². The van der Waals surface area contributed by atoms with Crippen molar-refractivity contribution in [3.05, 3.63) is 78.8 Å². The van der Waals surface area contributed by atoms with Crippen LogP contribution in [-0.4, -0.2) is 61.2 Å². The van der Waals surface area contributed by atoms with Crippen LogP contribution < -0.4 is 21.6 Å². The maximum Gasteiger partial charge on any atom is 0.365 e. The van der Waals surface area contributed by atoms with Gasteiger partial charge in [0, 0.05) is 31.6 Å². The van der Waals surface area contributed by atoms with E-state index in [-0.39, 0.29) is 33.9 Å². The summed E-state index contributed by atoms with van der Waals surface area (Å²) in [4.78, 5) is 53.7. The summed E-state index contributed by atoms with van der Waals surface area (Å²) in [6.45, 7) is 3.42. The van der Waals surface area contributed by atoms with Crippen molar-refractivity contribution in [1.29, 1.82) is 0 Å². The van der Waals surface area contributed by atoms with E-state index in [2.05, 4.69) is 0 Å². The zero-order valence-corrected chi connectivity index (χ0v) is 20.9. The summed E-state index contributed by atoms with van der Waals surface area (Å²) in [7, 11) is 0. The number of carboxylic acids is 1. The molecular formula is C25H22FN5O6S. The Morgan fingerprint density at radius 1 is 1.05 bits per heavy atom. The number of hydrogen-bond acceptors (Lipinski definition) is 8. The number of anilines is 1. The van der Waals surface area contributed by atoms with Gasteiger partial charge in [0.1, 0.15) is 11.4 Å². The molecule has 1 unspecified atom stereocenters. The predicted molar refractivity (Wildman–Crippen MR) is 139 cm³/mol. The van der Waals surface area contributed by atoms with E-state index in [1.807, 2.05) is 16.7 Å². The Kier molecular flexibility index (Phi) is 5.58. The SMILES string of the molecule is CC1Sc2c(C(=O)O)c(=O)c3cc(F)c(N4CCN(Cn5c(=O)c6ccccc6n(O)c5=O)CC4)cc3n21. The number of halogens is 1. The zero-order valence-electron chi connectivity index (χ0n) is 20.1. The van der Waals surface area contributed by atoms with Crippen LogP contribution in [0.4, 0.5) is 10.1 Å². The first-order valence-corrected chi connectivity index (χ1v) is 12.8. The average molecular weight is 540 g/mol. The first kappa shape index (κ1) is 24.2. The molecular weight excluding hydrogens is 517 g/mol. The third-order valence-corrected chi connectivity index (χ3v) is 8.34. The molecule has 2 aliphatic heterocycles. The molecule has 0 spiro atoms. The van der Waals surface area contributed by atoms with Crippen molar-refractivity contribution in [3.63, 3.8) is 0 Å². The normalized spacial score (nSPS) is 17.5. The number of rotatable bonds is 4. The topological polar surface area (TPSA) is 130 Å². The summed E-state index contributed by atoms with van der Waals surface area (Å²) in [6.07, 6.45) is 0. The molecule has 0 amide bonds. The van der Waals surface area contributed by atoms with Crippen LogP contribution in [0.15, 0.2) is 55.8 Å². The van der Waals surface area contributed by atoms with Gasteiger partial charge in [-0.15, -0.1) is 4.73 Å². The lowest BCUT2D eigenvalue weighted by molar-refractivity contribution is 0.0689. The van der Waals surface area contributed by atoms with Crippen molar-refractivity contribution in [2.45, 2.75) is 24.0 Å². The molecule has 1 atom stereocenters. The summed E-state index contributed by atoms with van der Waals surface area (Å²) in [5.74, 6) is -1.97. The van der Waals surface area contributed by atoms with Gasteiger partial charge in [-0.05, 0) is 31.2 Å². The van der Waals surface area contributed by atoms with Crippen LogP contribution in [0.5, 0.6) is 0 Å². The third-order valence-electron chi connectivity index (χ3n) is 7.16. The van der Waals surface area contributed by atoms with Crippen LogP contribution >= 0.6 is 11.8 Å². The molecule has 2 N–H and O–H groups in total. The molecule has 2 aliphatic rings. The third kappa shape index (κ3) is 3.53. The van der Waals surface area contributed by atoms with Crippen molar-refractivity contribution in [2.75, 3.05) is 31.1 Å². The van der Waals surface area contributed by atoms with Crippen molar-refractivity contribution in [2.24, 2.45) is 0 Å². The van der Waals surface area contributed by atoms with Gasteiger partial charge in [0.2, 0.25) is 5.43 Å². The second-order valence-electron chi connectivity index (χ2n) is 9.31. The average Bonchev–Trinajstić information content (AvgIpc) is 2.90. The molecule has 2 aromatic carbocycles. The Labute approximate surface area is 217 Å². The molecule has 11 nitrogen and oxygen atoms in total. The molecule has 0 bridgehead atoms. The van der Waals surface area contributed by atoms with Crippen LogP contribution in [0.1, 0.15) is 22.7 Å². The number of hydrogen-bond donors (Lipinski definition) is 2. The first-order chi connectivity index (χ1) is 18.2. The molecule has 1 fully saturated rings. The molecule has 2 aromatic heterocycles. The quantitative estimate of drug-likeness (QED) is 0.374. The van der Waals surface area contributed by atoms with Gasteiger partial charge >= 0.3 is 11.7 Å². The fourth-order valence-corrected chi connectivity index (χ4v) is 6.36. The second-order valence-corrected chi connectivity index (χ2v) is 10.6. The number of para-hydroxylation sites is 1. The lowest BCUT2D eigenvalue weighted by Gasteiger charge is -2.37. The molecule has 1 saturated heterocycles. The summed E-state index contributed by atoms with van der Waals surface area (Å²) >= 11 is 1.28. The number of nitrogens with zero attached hydrogens (tertiary/aromatic N) is 5. The fraction of sp³-hybridized carbons (Fsp3) is 0.280. The van der Waals surface area contributed by atoms with E-state index < -0.39 is 28.5 Å². The number of benzene rings is 2. The van der Waals surface area contributed by atoms with E-state index in [0.29, 0.717) is 47.1 Å². The van der Waals surface area contributed by atoms with Gasteiger partial charge in [-0.2, -0.15) is 0 Å². The van der Waals surface area contributed by atoms with Crippen LogP contribution in [0, 0.1) is 5.82 Å². The summed E-state index contributed by atoms with van der Waals surface area (Å²) in [6, 6.07) is 9.00. The molecule has 6 rings (SSSR count). The van der Waals surface area contributed by atoms with Crippen LogP contribution in [-0.2, 0) is 6.67 Å². The minimum Gasteiger partial charge on any atom is -0.477 e. The van der Waals surface area contributed by atoms with Gasteiger partial charge < -0.3 is 19.8 Å². The Balaban J connectivity index is 1.29. The number of piperazine rings is 1. The van der Waals surface area contributed by atoms with E-state index in [4.69, 9.17) is 0 Å². The Morgan fingerprint density at radius 3 is 2.45 bits per heavy atom. The fourth-order valence-electron chi connectivity index (χ4n) is 5.21. The molecule has 0 saturated carbocycles. The van der Waals surface area contributed by atoms with Crippen molar-refractivity contribution in [1.82, 2.24) is 18.8 Å². The van der Waals surface area contributed by atoms with Crippen LogP contribution in [0.3, 0.4) is 0 Å². The number of aromatic carboxylic acids is 1. The number of carbonyl (C=O) groups is 1. The lowest BCUT2D eigenvalue weighted by atomic mass is 10.1. The van der Waals surface area contributed by atoms with Gasteiger partial charge in [-0.25, -0.2) is 18.5 Å². The largest absolute Gasteiger partial charge is 0.477 e. The number of carboxylic acid groups (broad SMARTS) is 1. The van der Waals surface area contributed by atoms with E-state index in [1.54, 1.807) is 28.8 Å². The number of aromatic nitrogens is 3. The number of fused-ring (bicyclic) bond motifs is 4. The van der Waals surface area contributed by atoms with E-state index in [1.165, 1.54) is 17.8 Å². The van der Waals surface area contributed by atoms with Gasteiger partial charge in [-0.1, -0.05) is 23.9 Å². The van der Waals surface area contributed by atoms with Crippen LogP contribution in [0.2, 0.25) is 0 Å². The molecule has 4 heterocycles. The van der Waals surface area contributed by atoms with E-state index in [9.17, 15) is 29.5 Å². The predicted octanol–water partition coefficient (Wildman–Crippen LogP) is 1.96. The lowest BCUT2D eigenvalue weighted by Crippen LogP contribution is -2.51. The van der Waals surface area contributed by atoms with E-state index >= 15 is 4.39 Å². The van der Waals surface area contributed by atoms with Gasteiger partial charge in [0.25, 0.3) is 5.56 Å².